The molecule has 2 aliphatic heterocycles. The quantitative estimate of drug-likeness (QED) is 0.428. The minimum atomic E-state index is -1.87. The van der Waals surface area contributed by atoms with Crippen molar-refractivity contribution in [3.8, 4) is 0 Å². The largest absolute Gasteiger partial charge is 0.384 e. The Balaban J connectivity index is 1.20. The van der Waals surface area contributed by atoms with Crippen LogP contribution in [0.25, 0.3) is 0 Å². The summed E-state index contributed by atoms with van der Waals surface area (Å²) in [5, 5.41) is 0. The highest BCUT2D eigenvalue weighted by Gasteiger charge is 2.45. The van der Waals surface area contributed by atoms with Crippen molar-refractivity contribution >= 4 is 11.7 Å². The molecule has 2 aromatic heterocycles. The van der Waals surface area contributed by atoms with Crippen LogP contribution in [0.4, 0.5) is 19.0 Å². The van der Waals surface area contributed by atoms with E-state index in [2.05, 4.69) is 19.8 Å². The molecule has 0 saturated carbocycles. The molecular weight excluding hydrogens is 529 g/mol. The number of alkyl halides is 1. The minimum Gasteiger partial charge on any atom is -0.384 e. The Morgan fingerprint density at radius 2 is 1.68 bits per heavy atom. The van der Waals surface area contributed by atoms with Crippen molar-refractivity contribution in [2.45, 2.75) is 64.0 Å². The van der Waals surface area contributed by atoms with Crippen molar-refractivity contribution in [2.24, 2.45) is 0 Å². The molecule has 41 heavy (non-hydrogen) atoms. The molecule has 0 radical (unpaired) electrons. The molecule has 4 heterocycles. The fraction of sp³-hybridized carbons (Fsp3) is 0.452. The number of likely N-dealkylation sites (tertiary alicyclic amines) is 2. The number of nitrogens with two attached hydrogens (primary N) is 1. The standard InChI is InChI=1S/C31H37F3N6O/c1-22-16-23(4-10-36-22)20-40(21-25-2-3-26(32)18-28(25)33)27-6-12-39(13-7-27)30(41)31(34)8-14-38(15-9-31)19-24-5-11-37-29(35)17-24/h2-5,10-11,16-18,27H,6-9,12-15,19-21H2,1H3,(H2,35,37). The van der Waals surface area contributed by atoms with Crippen molar-refractivity contribution in [3.63, 3.8) is 0 Å². The lowest BCUT2D eigenvalue weighted by molar-refractivity contribution is -0.149. The molecule has 3 aromatic rings. The molecule has 0 bridgehead atoms. The van der Waals surface area contributed by atoms with Gasteiger partial charge in [-0.3, -0.25) is 19.6 Å². The Bertz CT molecular complexity index is 1360. The van der Waals surface area contributed by atoms with E-state index in [4.69, 9.17) is 5.73 Å². The molecule has 2 fully saturated rings. The van der Waals surface area contributed by atoms with Gasteiger partial charge in [-0.05, 0) is 61.2 Å². The predicted molar refractivity (Wildman–Crippen MR) is 151 cm³/mol. The van der Waals surface area contributed by atoms with E-state index in [1.807, 2.05) is 31.2 Å². The number of anilines is 1. The van der Waals surface area contributed by atoms with E-state index in [0.29, 0.717) is 70.0 Å². The van der Waals surface area contributed by atoms with Crippen LogP contribution in [0.5, 0.6) is 0 Å². The summed E-state index contributed by atoms with van der Waals surface area (Å²) in [5.41, 5.74) is 7.27. The molecular formula is C31H37F3N6O. The van der Waals surface area contributed by atoms with Gasteiger partial charge >= 0.3 is 0 Å². The SMILES string of the molecule is Cc1cc(CN(Cc2ccc(F)cc2F)C2CCN(C(=O)C3(F)CCN(Cc4ccnc(N)c4)CC3)CC2)ccn1. The van der Waals surface area contributed by atoms with E-state index in [9.17, 15) is 13.6 Å². The Morgan fingerprint density at radius 3 is 2.37 bits per heavy atom. The maximum Gasteiger partial charge on any atom is 0.260 e. The number of benzene rings is 1. The summed E-state index contributed by atoms with van der Waals surface area (Å²) in [4.78, 5) is 27.6. The molecule has 1 aromatic carbocycles. The first-order valence-electron chi connectivity index (χ1n) is 14.2. The number of piperidine rings is 2. The third kappa shape index (κ3) is 7.23. The Hall–Kier alpha value is -3.50. The Kier molecular flexibility index (Phi) is 8.89. The van der Waals surface area contributed by atoms with E-state index in [-0.39, 0.29) is 18.9 Å². The molecule has 5 rings (SSSR count). The van der Waals surface area contributed by atoms with Crippen LogP contribution in [-0.2, 0) is 24.4 Å². The number of nitrogen functional groups attached to an aromatic ring is 1. The zero-order valence-electron chi connectivity index (χ0n) is 23.4. The van der Waals surface area contributed by atoms with Gasteiger partial charge in [-0.1, -0.05) is 6.07 Å². The van der Waals surface area contributed by atoms with Gasteiger partial charge in [-0.25, -0.2) is 18.2 Å². The highest BCUT2D eigenvalue weighted by atomic mass is 19.1. The highest BCUT2D eigenvalue weighted by Crippen LogP contribution is 2.32. The Labute approximate surface area is 239 Å². The number of rotatable bonds is 8. The molecule has 0 aliphatic carbocycles. The number of halogens is 3. The number of carbonyl (C=O) groups is 1. The summed E-state index contributed by atoms with van der Waals surface area (Å²) in [5.74, 6) is -1.16. The number of amides is 1. The molecule has 0 atom stereocenters. The van der Waals surface area contributed by atoms with Gasteiger partial charge < -0.3 is 10.6 Å². The first-order valence-corrected chi connectivity index (χ1v) is 14.2. The van der Waals surface area contributed by atoms with Gasteiger partial charge in [-0.15, -0.1) is 0 Å². The average molecular weight is 567 g/mol. The maximum absolute atomic E-state index is 15.9. The van der Waals surface area contributed by atoms with Crippen LogP contribution in [0.2, 0.25) is 0 Å². The summed E-state index contributed by atoms with van der Waals surface area (Å²) in [6.45, 7) is 5.28. The fourth-order valence-corrected chi connectivity index (χ4v) is 5.97. The lowest BCUT2D eigenvalue weighted by Gasteiger charge is -2.42. The van der Waals surface area contributed by atoms with Crippen molar-refractivity contribution in [3.05, 3.63) is 88.9 Å². The van der Waals surface area contributed by atoms with Gasteiger partial charge in [0, 0.05) is 94.4 Å². The second-order valence-corrected chi connectivity index (χ2v) is 11.3. The zero-order valence-corrected chi connectivity index (χ0v) is 23.4. The predicted octanol–water partition coefficient (Wildman–Crippen LogP) is 4.64. The van der Waals surface area contributed by atoms with Gasteiger partial charge in [-0.2, -0.15) is 0 Å². The van der Waals surface area contributed by atoms with Crippen LogP contribution < -0.4 is 5.73 Å². The van der Waals surface area contributed by atoms with Gasteiger partial charge in [0.2, 0.25) is 0 Å². The van der Waals surface area contributed by atoms with Crippen LogP contribution in [0.3, 0.4) is 0 Å². The molecule has 10 heteroatoms. The second-order valence-electron chi connectivity index (χ2n) is 11.3. The summed E-state index contributed by atoms with van der Waals surface area (Å²) in [6.07, 6.45) is 5.01. The number of carbonyl (C=O) groups excluding carboxylic acids is 1. The van der Waals surface area contributed by atoms with Gasteiger partial charge in [0.15, 0.2) is 5.67 Å². The van der Waals surface area contributed by atoms with E-state index >= 15 is 4.39 Å². The van der Waals surface area contributed by atoms with E-state index in [1.165, 1.54) is 12.1 Å². The summed E-state index contributed by atoms with van der Waals surface area (Å²) >= 11 is 0. The molecule has 7 nitrogen and oxygen atoms in total. The summed E-state index contributed by atoms with van der Waals surface area (Å²) in [7, 11) is 0. The normalized spacial score (nSPS) is 18.1. The Morgan fingerprint density at radius 1 is 0.976 bits per heavy atom. The van der Waals surface area contributed by atoms with Crippen LogP contribution in [0.1, 0.15) is 48.1 Å². The molecule has 218 valence electrons. The van der Waals surface area contributed by atoms with Gasteiger partial charge in [0.05, 0.1) is 0 Å². The minimum absolute atomic E-state index is 0.0576. The number of hydrogen-bond donors (Lipinski definition) is 1. The molecule has 2 aliphatic rings. The lowest BCUT2D eigenvalue weighted by atomic mass is 9.90. The topological polar surface area (TPSA) is 78.6 Å². The third-order valence-electron chi connectivity index (χ3n) is 8.29. The highest BCUT2D eigenvalue weighted by molar-refractivity contribution is 5.85. The number of aromatic nitrogens is 2. The monoisotopic (exact) mass is 566 g/mol. The van der Waals surface area contributed by atoms with Crippen molar-refractivity contribution in [1.29, 1.82) is 0 Å². The number of nitrogens with zero attached hydrogens (tertiary/aromatic N) is 5. The fourth-order valence-electron chi connectivity index (χ4n) is 5.97. The smallest absolute Gasteiger partial charge is 0.260 e. The van der Waals surface area contributed by atoms with Crippen LogP contribution in [0, 0.1) is 18.6 Å². The third-order valence-corrected chi connectivity index (χ3v) is 8.29. The molecule has 0 spiro atoms. The summed E-state index contributed by atoms with van der Waals surface area (Å²) < 4.78 is 44.0. The number of pyridine rings is 2. The van der Waals surface area contributed by atoms with Gasteiger partial charge in [0.1, 0.15) is 17.5 Å². The maximum atomic E-state index is 15.9. The molecule has 0 unspecified atom stereocenters. The summed E-state index contributed by atoms with van der Waals surface area (Å²) in [6, 6.07) is 11.4. The number of hydrogen-bond acceptors (Lipinski definition) is 6. The van der Waals surface area contributed by atoms with Crippen molar-refractivity contribution < 1.29 is 18.0 Å². The first kappa shape index (κ1) is 29.0. The molecule has 1 amide bonds. The van der Waals surface area contributed by atoms with Crippen LogP contribution in [-0.4, -0.2) is 68.5 Å². The van der Waals surface area contributed by atoms with Crippen molar-refractivity contribution in [1.82, 2.24) is 24.7 Å². The van der Waals surface area contributed by atoms with Crippen LogP contribution >= 0.6 is 0 Å². The molecule has 2 saturated heterocycles. The van der Waals surface area contributed by atoms with E-state index in [1.54, 1.807) is 17.3 Å². The average Bonchev–Trinajstić information content (AvgIpc) is 2.95. The van der Waals surface area contributed by atoms with Crippen LogP contribution in [0.15, 0.2) is 54.9 Å². The second kappa shape index (κ2) is 12.6. The lowest BCUT2D eigenvalue weighted by Crippen LogP contribution is -2.55. The van der Waals surface area contributed by atoms with E-state index < -0.39 is 23.2 Å². The van der Waals surface area contributed by atoms with Crippen molar-refractivity contribution in [2.75, 3.05) is 31.9 Å². The first-order chi connectivity index (χ1) is 19.7. The van der Waals surface area contributed by atoms with E-state index in [0.717, 1.165) is 22.9 Å². The zero-order chi connectivity index (χ0) is 29.0. The number of aryl methyl sites for hydroxylation is 1. The van der Waals surface area contributed by atoms with Gasteiger partial charge in [0.25, 0.3) is 5.91 Å². The molecule has 2 N–H and O–H groups in total.